The first kappa shape index (κ1) is 21.7. The van der Waals surface area contributed by atoms with E-state index in [-0.39, 0.29) is 17.5 Å². The number of ether oxygens (including phenoxy) is 1. The van der Waals surface area contributed by atoms with Gasteiger partial charge in [-0.2, -0.15) is 15.2 Å². The number of hydrogen-bond acceptors (Lipinski definition) is 6. The summed E-state index contributed by atoms with van der Waals surface area (Å²) in [5.74, 6) is 0.393. The van der Waals surface area contributed by atoms with Gasteiger partial charge in [-0.25, -0.2) is 4.98 Å². The molecule has 0 aliphatic heterocycles. The predicted octanol–water partition coefficient (Wildman–Crippen LogP) is 4.81. The minimum atomic E-state index is -0.350. The molecule has 2 heterocycles. The van der Waals surface area contributed by atoms with Crippen LogP contribution in [0.3, 0.4) is 0 Å². The molecule has 0 aliphatic rings. The van der Waals surface area contributed by atoms with Gasteiger partial charge in [0.1, 0.15) is 17.4 Å². The van der Waals surface area contributed by atoms with Crippen molar-refractivity contribution < 1.29 is 9.53 Å². The van der Waals surface area contributed by atoms with Gasteiger partial charge < -0.3 is 10.1 Å². The molecule has 0 saturated heterocycles. The quantitative estimate of drug-likeness (QED) is 0.479. The van der Waals surface area contributed by atoms with Crippen LogP contribution in [0.15, 0.2) is 54.7 Å². The van der Waals surface area contributed by atoms with Gasteiger partial charge in [-0.1, -0.05) is 17.7 Å². The molecule has 0 spiro atoms. The molecule has 8 nitrogen and oxygen atoms in total. The average Bonchev–Trinajstić information content (AvgIpc) is 3.17. The fraction of sp³-hybridized carbons (Fsp3) is 0.160. The van der Waals surface area contributed by atoms with Crippen LogP contribution in [0.4, 0.5) is 5.69 Å². The van der Waals surface area contributed by atoms with E-state index in [9.17, 15) is 10.1 Å². The standard InChI is InChI=1S/C25H22N6O2/c1-15-7-10-22(17(3)12-15)31-29-18(4)23(30-31)24(32)28-21-9-8-20(13-16(21)2)33-25-19(14-26)6-5-11-27-25/h5-13H,1-4H3,(H,28,32). The highest BCUT2D eigenvalue weighted by Gasteiger charge is 2.18. The third-order valence-corrected chi connectivity index (χ3v) is 5.12. The number of benzene rings is 2. The molecular formula is C25H22N6O2. The Hall–Kier alpha value is -4.51. The molecule has 1 amide bonds. The van der Waals surface area contributed by atoms with E-state index in [1.807, 2.05) is 39.0 Å². The molecule has 0 atom stereocenters. The third-order valence-electron chi connectivity index (χ3n) is 5.12. The number of carbonyl (C=O) groups is 1. The zero-order valence-electron chi connectivity index (χ0n) is 18.7. The van der Waals surface area contributed by atoms with E-state index in [4.69, 9.17) is 4.74 Å². The summed E-state index contributed by atoms with van der Waals surface area (Å²) in [4.78, 5) is 18.5. The normalized spacial score (nSPS) is 10.5. The molecule has 4 rings (SSSR count). The zero-order valence-corrected chi connectivity index (χ0v) is 18.7. The zero-order chi connectivity index (χ0) is 23.5. The van der Waals surface area contributed by atoms with Crippen molar-refractivity contribution in [2.75, 3.05) is 5.32 Å². The highest BCUT2D eigenvalue weighted by molar-refractivity contribution is 6.04. The summed E-state index contributed by atoms with van der Waals surface area (Å²) < 4.78 is 5.74. The van der Waals surface area contributed by atoms with Crippen LogP contribution in [0.5, 0.6) is 11.6 Å². The number of carbonyl (C=O) groups excluding carboxylic acids is 1. The summed E-state index contributed by atoms with van der Waals surface area (Å²) in [6.07, 6.45) is 1.56. The van der Waals surface area contributed by atoms with Crippen LogP contribution in [0.1, 0.15) is 38.4 Å². The molecule has 0 saturated carbocycles. The lowest BCUT2D eigenvalue weighted by atomic mass is 10.1. The molecule has 0 fully saturated rings. The molecule has 33 heavy (non-hydrogen) atoms. The number of nitriles is 1. The maximum Gasteiger partial charge on any atom is 0.278 e. The Morgan fingerprint density at radius 2 is 1.85 bits per heavy atom. The highest BCUT2D eigenvalue weighted by Crippen LogP contribution is 2.27. The van der Waals surface area contributed by atoms with Crippen LogP contribution >= 0.6 is 0 Å². The fourth-order valence-corrected chi connectivity index (χ4v) is 3.42. The number of rotatable bonds is 5. The van der Waals surface area contributed by atoms with Crippen molar-refractivity contribution in [1.82, 2.24) is 20.0 Å². The number of aryl methyl sites for hydroxylation is 4. The van der Waals surface area contributed by atoms with E-state index < -0.39 is 0 Å². The first-order valence-corrected chi connectivity index (χ1v) is 10.3. The van der Waals surface area contributed by atoms with Crippen molar-refractivity contribution in [2.24, 2.45) is 0 Å². The van der Waals surface area contributed by atoms with Gasteiger partial charge in [0, 0.05) is 11.9 Å². The summed E-state index contributed by atoms with van der Waals surface area (Å²) >= 11 is 0. The van der Waals surface area contributed by atoms with E-state index in [0.29, 0.717) is 22.7 Å². The highest BCUT2D eigenvalue weighted by atomic mass is 16.5. The Morgan fingerprint density at radius 1 is 1.03 bits per heavy atom. The SMILES string of the molecule is Cc1ccc(-n2nc(C)c(C(=O)Nc3ccc(Oc4ncccc4C#N)cc3C)n2)c(C)c1. The molecule has 4 aromatic rings. The lowest BCUT2D eigenvalue weighted by Gasteiger charge is -2.11. The molecule has 2 aromatic carbocycles. The van der Waals surface area contributed by atoms with Crippen molar-refractivity contribution in [2.45, 2.75) is 27.7 Å². The molecule has 0 aliphatic carbocycles. The van der Waals surface area contributed by atoms with Crippen LogP contribution in [0.25, 0.3) is 5.69 Å². The Bertz CT molecular complexity index is 1400. The van der Waals surface area contributed by atoms with Crippen LogP contribution in [0.2, 0.25) is 0 Å². The minimum absolute atomic E-state index is 0.231. The second kappa shape index (κ2) is 8.93. The number of anilines is 1. The topological polar surface area (TPSA) is 106 Å². The maximum atomic E-state index is 12.9. The number of nitrogens with one attached hydrogen (secondary N) is 1. The number of pyridine rings is 1. The Labute approximate surface area is 191 Å². The van der Waals surface area contributed by atoms with Gasteiger partial charge in [0.15, 0.2) is 5.69 Å². The predicted molar refractivity (Wildman–Crippen MR) is 124 cm³/mol. The fourth-order valence-electron chi connectivity index (χ4n) is 3.42. The number of aromatic nitrogens is 4. The summed E-state index contributed by atoms with van der Waals surface area (Å²) in [6.45, 7) is 7.62. The van der Waals surface area contributed by atoms with Crippen molar-refractivity contribution in [3.63, 3.8) is 0 Å². The van der Waals surface area contributed by atoms with E-state index in [2.05, 4.69) is 26.6 Å². The summed E-state index contributed by atoms with van der Waals surface area (Å²) in [5.41, 5.74) is 5.53. The molecule has 0 radical (unpaired) electrons. The van der Waals surface area contributed by atoms with Gasteiger partial charge in [0.2, 0.25) is 5.88 Å². The first-order chi connectivity index (χ1) is 15.9. The molecule has 8 heteroatoms. The lowest BCUT2D eigenvalue weighted by Crippen LogP contribution is -2.15. The minimum Gasteiger partial charge on any atom is -0.438 e. The first-order valence-electron chi connectivity index (χ1n) is 10.3. The molecule has 0 unspecified atom stereocenters. The summed E-state index contributed by atoms with van der Waals surface area (Å²) in [6, 6.07) is 16.5. The van der Waals surface area contributed by atoms with Crippen LogP contribution in [-0.2, 0) is 0 Å². The van der Waals surface area contributed by atoms with Crippen LogP contribution < -0.4 is 10.1 Å². The second-order valence-corrected chi connectivity index (χ2v) is 7.71. The van der Waals surface area contributed by atoms with E-state index in [0.717, 1.165) is 22.4 Å². The Morgan fingerprint density at radius 3 is 2.58 bits per heavy atom. The Kier molecular flexibility index (Phi) is 5.87. The monoisotopic (exact) mass is 438 g/mol. The van der Waals surface area contributed by atoms with Gasteiger partial charge in [-0.15, -0.1) is 5.10 Å². The van der Waals surface area contributed by atoms with Crippen molar-refractivity contribution >= 4 is 11.6 Å². The van der Waals surface area contributed by atoms with Gasteiger partial charge in [0.25, 0.3) is 5.91 Å². The average molecular weight is 438 g/mol. The largest absolute Gasteiger partial charge is 0.438 e. The number of amides is 1. The smallest absolute Gasteiger partial charge is 0.278 e. The van der Waals surface area contributed by atoms with E-state index in [1.165, 1.54) is 4.80 Å². The molecule has 164 valence electrons. The summed E-state index contributed by atoms with van der Waals surface area (Å²) in [7, 11) is 0. The Balaban J connectivity index is 1.53. The second-order valence-electron chi connectivity index (χ2n) is 7.71. The van der Waals surface area contributed by atoms with Crippen LogP contribution in [0, 0.1) is 39.0 Å². The van der Waals surface area contributed by atoms with Crippen LogP contribution in [-0.4, -0.2) is 25.9 Å². The van der Waals surface area contributed by atoms with Crippen molar-refractivity contribution in [1.29, 1.82) is 5.26 Å². The lowest BCUT2D eigenvalue weighted by molar-refractivity contribution is 0.102. The maximum absolute atomic E-state index is 12.9. The van der Waals surface area contributed by atoms with Crippen molar-refractivity contribution in [3.8, 4) is 23.4 Å². The van der Waals surface area contributed by atoms with Gasteiger partial charge >= 0.3 is 0 Å². The molecule has 0 bridgehead atoms. The molecule has 1 N–H and O–H groups in total. The van der Waals surface area contributed by atoms with Crippen molar-refractivity contribution in [3.05, 3.63) is 88.4 Å². The number of nitrogens with zero attached hydrogens (tertiary/aromatic N) is 5. The molecular weight excluding hydrogens is 416 g/mol. The van der Waals surface area contributed by atoms with Gasteiger partial charge in [-0.3, -0.25) is 4.79 Å². The number of hydrogen-bond donors (Lipinski definition) is 1. The van der Waals surface area contributed by atoms with Gasteiger partial charge in [-0.05, 0) is 75.2 Å². The van der Waals surface area contributed by atoms with Gasteiger partial charge in [0.05, 0.1) is 11.4 Å². The summed E-state index contributed by atoms with van der Waals surface area (Å²) in [5, 5.41) is 20.9. The molecule has 2 aromatic heterocycles. The van der Waals surface area contributed by atoms with E-state index >= 15 is 0 Å². The van der Waals surface area contributed by atoms with E-state index in [1.54, 1.807) is 43.5 Å². The third kappa shape index (κ3) is 4.57.